The van der Waals surface area contributed by atoms with Gasteiger partial charge in [0.05, 0.1) is 4.88 Å². The number of carbonyl (C=O) groups excluding carboxylic acids is 1. The standard InChI is InChI=1S/C25H27N3O2S/c1-27-9-11-28(12-10-27)16-19-6-4-5-18(13-19)15-26-25(29)23-14-20-17-30-22-8-3-2-7-21(22)24(20)31-23/h2-8,13-14H,9-12,15-17H2,1H3,(H,26,29). The van der Waals surface area contributed by atoms with Crippen molar-refractivity contribution in [1.82, 2.24) is 15.1 Å². The summed E-state index contributed by atoms with van der Waals surface area (Å²) in [5.41, 5.74) is 4.60. The second-order valence-corrected chi connectivity index (χ2v) is 9.38. The number of piperazine rings is 1. The van der Waals surface area contributed by atoms with Crippen molar-refractivity contribution in [2.45, 2.75) is 19.7 Å². The Morgan fingerprint density at radius 1 is 1.03 bits per heavy atom. The number of amides is 1. The maximum Gasteiger partial charge on any atom is 0.261 e. The van der Waals surface area contributed by atoms with Crippen molar-refractivity contribution in [3.8, 4) is 16.2 Å². The minimum Gasteiger partial charge on any atom is -0.488 e. The zero-order valence-corrected chi connectivity index (χ0v) is 18.6. The van der Waals surface area contributed by atoms with Crippen molar-refractivity contribution in [2.24, 2.45) is 0 Å². The largest absolute Gasteiger partial charge is 0.488 e. The zero-order valence-electron chi connectivity index (χ0n) is 17.8. The Balaban J connectivity index is 1.22. The number of ether oxygens (including phenoxy) is 1. The molecule has 0 aliphatic carbocycles. The molecule has 5 rings (SSSR count). The fourth-order valence-corrected chi connectivity index (χ4v) is 5.30. The molecule has 1 amide bonds. The number of benzene rings is 2. The molecule has 6 heteroatoms. The lowest BCUT2D eigenvalue weighted by molar-refractivity contribution is 0.0955. The molecule has 2 aliphatic rings. The summed E-state index contributed by atoms with van der Waals surface area (Å²) in [5, 5.41) is 3.10. The molecular weight excluding hydrogens is 406 g/mol. The number of rotatable bonds is 5. The Kier molecular flexibility index (Phi) is 5.76. The first-order chi connectivity index (χ1) is 15.2. The summed E-state index contributed by atoms with van der Waals surface area (Å²) in [6.45, 7) is 6.47. The molecule has 1 aromatic heterocycles. The molecule has 5 nitrogen and oxygen atoms in total. The molecule has 3 heterocycles. The number of thiophene rings is 1. The number of likely N-dealkylation sites (N-methyl/N-ethyl adjacent to an activating group) is 1. The van der Waals surface area contributed by atoms with Gasteiger partial charge >= 0.3 is 0 Å². The molecule has 3 aromatic rings. The highest BCUT2D eigenvalue weighted by atomic mass is 32.1. The normalized spacial score (nSPS) is 16.3. The van der Waals surface area contributed by atoms with Crippen LogP contribution in [0.5, 0.6) is 5.75 Å². The predicted octanol–water partition coefficient (Wildman–Crippen LogP) is 3.98. The van der Waals surface area contributed by atoms with Gasteiger partial charge in [-0.3, -0.25) is 9.69 Å². The first-order valence-electron chi connectivity index (χ1n) is 10.8. The molecule has 31 heavy (non-hydrogen) atoms. The van der Waals surface area contributed by atoms with E-state index in [2.05, 4.69) is 52.5 Å². The van der Waals surface area contributed by atoms with Gasteiger partial charge in [-0.25, -0.2) is 0 Å². The molecule has 1 fully saturated rings. The lowest BCUT2D eigenvalue weighted by Gasteiger charge is -2.32. The SMILES string of the molecule is CN1CCN(Cc2cccc(CNC(=O)c3cc4c(s3)-c3ccccc3OC4)c2)CC1. The monoisotopic (exact) mass is 433 g/mol. The van der Waals surface area contributed by atoms with Crippen molar-refractivity contribution < 1.29 is 9.53 Å². The van der Waals surface area contributed by atoms with Gasteiger partial charge in [0.1, 0.15) is 12.4 Å². The summed E-state index contributed by atoms with van der Waals surface area (Å²) < 4.78 is 5.82. The average Bonchev–Trinajstić information content (AvgIpc) is 3.24. The van der Waals surface area contributed by atoms with Gasteiger partial charge in [-0.2, -0.15) is 0 Å². The summed E-state index contributed by atoms with van der Waals surface area (Å²) in [5.74, 6) is 0.863. The minimum atomic E-state index is -0.0265. The highest BCUT2D eigenvalue weighted by Gasteiger charge is 2.22. The second kappa shape index (κ2) is 8.83. The first-order valence-corrected chi connectivity index (χ1v) is 11.6. The highest BCUT2D eigenvalue weighted by molar-refractivity contribution is 7.17. The van der Waals surface area contributed by atoms with Gasteiger partial charge in [0.25, 0.3) is 5.91 Å². The molecule has 0 spiro atoms. The molecule has 2 aromatic carbocycles. The summed E-state index contributed by atoms with van der Waals surface area (Å²) in [6.07, 6.45) is 0. The summed E-state index contributed by atoms with van der Waals surface area (Å²) in [6, 6.07) is 18.5. The van der Waals surface area contributed by atoms with Crippen molar-refractivity contribution in [3.63, 3.8) is 0 Å². The van der Waals surface area contributed by atoms with E-state index in [-0.39, 0.29) is 5.91 Å². The van der Waals surface area contributed by atoms with E-state index in [1.54, 1.807) is 11.3 Å². The zero-order chi connectivity index (χ0) is 21.2. The Morgan fingerprint density at radius 3 is 2.71 bits per heavy atom. The van der Waals surface area contributed by atoms with Crippen LogP contribution in [-0.2, 0) is 19.7 Å². The molecule has 1 saturated heterocycles. The van der Waals surface area contributed by atoms with Crippen LogP contribution in [0, 0.1) is 0 Å². The van der Waals surface area contributed by atoms with E-state index in [9.17, 15) is 4.79 Å². The maximum atomic E-state index is 12.8. The number of carbonyl (C=O) groups is 1. The number of hydrogen-bond acceptors (Lipinski definition) is 5. The van der Waals surface area contributed by atoms with Crippen LogP contribution in [0.3, 0.4) is 0 Å². The number of nitrogens with one attached hydrogen (secondary N) is 1. The van der Waals surface area contributed by atoms with E-state index in [0.717, 1.165) is 64.9 Å². The third kappa shape index (κ3) is 4.51. The Morgan fingerprint density at radius 2 is 1.84 bits per heavy atom. The van der Waals surface area contributed by atoms with Crippen LogP contribution >= 0.6 is 11.3 Å². The Bertz CT molecular complexity index is 1090. The Labute approximate surface area is 187 Å². The maximum absolute atomic E-state index is 12.8. The topological polar surface area (TPSA) is 44.8 Å². The molecule has 2 aliphatic heterocycles. The number of nitrogens with zero attached hydrogens (tertiary/aromatic N) is 2. The molecule has 0 unspecified atom stereocenters. The van der Waals surface area contributed by atoms with Gasteiger partial charge < -0.3 is 15.0 Å². The quantitative estimate of drug-likeness (QED) is 0.661. The van der Waals surface area contributed by atoms with Crippen LogP contribution in [0.2, 0.25) is 0 Å². The summed E-state index contributed by atoms with van der Waals surface area (Å²) >= 11 is 1.55. The molecule has 0 radical (unpaired) electrons. The lowest BCUT2D eigenvalue weighted by Crippen LogP contribution is -2.43. The van der Waals surface area contributed by atoms with Crippen LogP contribution in [-0.4, -0.2) is 48.9 Å². The number of fused-ring (bicyclic) bond motifs is 3. The number of hydrogen-bond donors (Lipinski definition) is 1. The van der Waals surface area contributed by atoms with Crippen molar-refractivity contribution in [2.75, 3.05) is 33.2 Å². The van der Waals surface area contributed by atoms with Crippen LogP contribution in [0.25, 0.3) is 10.4 Å². The molecule has 0 atom stereocenters. The predicted molar refractivity (Wildman–Crippen MR) is 124 cm³/mol. The van der Waals surface area contributed by atoms with Crippen molar-refractivity contribution >= 4 is 17.2 Å². The molecule has 0 bridgehead atoms. The van der Waals surface area contributed by atoms with Gasteiger partial charge in [0, 0.05) is 55.3 Å². The van der Waals surface area contributed by atoms with Gasteiger partial charge in [-0.15, -0.1) is 11.3 Å². The van der Waals surface area contributed by atoms with Crippen LogP contribution in [0.1, 0.15) is 26.4 Å². The molecule has 1 N–H and O–H groups in total. The fraction of sp³-hybridized carbons (Fsp3) is 0.320. The van der Waals surface area contributed by atoms with E-state index in [1.165, 1.54) is 5.56 Å². The van der Waals surface area contributed by atoms with Crippen LogP contribution in [0.15, 0.2) is 54.6 Å². The summed E-state index contributed by atoms with van der Waals surface area (Å²) in [7, 11) is 2.18. The molecule has 160 valence electrons. The van der Waals surface area contributed by atoms with Gasteiger partial charge in [0.2, 0.25) is 0 Å². The van der Waals surface area contributed by atoms with E-state index < -0.39 is 0 Å². The average molecular weight is 434 g/mol. The van der Waals surface area contributed by atoms with E-state index in [4.69, 9.17) is 4.74 Å². The fourth-order valence-electron chi connectivity index (χ4n) is 4.18. The third-order valence-corrected chi connectivity index (χ3v) is 7.20. The van der Waals surface area contributed by atoms with E-state index >= 15 is 0 Å². The van der Waals surface area contributed by atoms with Gasteiger partial charge in [-0.1, -0.05) is 36.4 Å². The molecule has 0 saturated carbocycles. The van der Waals surface area contributed by atoms with Crippen molar-refractivity contribution in [3.05, 3.63) is 76.2 Å². The smallest absolute Gasteiger partial charge is 0.261 e. The second-order valence-electron chi connectivity index (χ2n) is 8.33. The first kappa shape index (κ1) is 20.2. The van der Waals surface area contributed by atoms with Gasteiger partial charge in [0.15, 0.2) is 0 Å². The van der Waals surface area contributed by atoms with Crippen LogP contribution in [0.4, 0.5) is 0 Å². The third-order valence-electron chi connectivity index (χ3n) is 5.99. The minimum absolute atomic E-state index is 0.0265. The van der Waals surface area contributed by atoms with E-state index in [0.29, 0.717) is 13.2 Å². The summed E-state index contributed by atoms with van der Waals surface area (Å²) in [4.78, 5) is 19.6. The Hall–Kier alpha value is -2.67. The van der Waals surface area contributed by atoms with Crippen molar-refractivity contribution in [1.29, 1.82) is 0 Å². The van der Waals surface area contributed by atoms with E-state index in [1.807, 2.05) is 24.3 Å². The molecular formula is C25H27N3O2S. The highest BCUT2D eigenvalue weighted by Crippen LogP contribution is 2.42. The number of para-hydroxylation sites is 1. The van der Waals surface area contributed by atoms with Gasteiger partial charge in [-0.05, 0) is 36.4 Å². The van der Waals surface area contributed by atoms with Crippen LogP contribution < -0.4 is 10.1 Å². The lowest BCUT2D eigenvalue weighted by atomic mass is 10.1.